The average molecular weight is 428 g/mol. The van der Waals surface area contributed by atoms with Gasteiger partial charge in [0.2, 0.25) is 0 Å². The molecular formula is C13H19ClIN3OS. The van der Waals surface area contributed by atoms with E-state index < -0.39 is 0 Å². The third-order valence-corrected chi connectivity index (χ3v) is 4.21. The van der Waals surface area contributed by atoms with E-state index in [1.807, 2.05) is 30.0 Å². The minimum Gasteiger partial charge on any atom is -0.495 e. The minimum absolute atomic E-state index is 0. The van der Waals surface area contributed by atoms with Crippen LogP contribution in [0.1, 0.15) is 5.56 Å². The van der Waals surface area contributed by atoms with Crippen molar-refractivity contribution in [2.24, 2.45) is 10.7 Å². The normalized spacial score (nSPS) is 15.7. The summed E-state index contributed by atoms with van der Waals surface area (Å²) in [5, 5.41) is 0.600. The lowest BCUT2D eigenvalue weighted by molar-refractivity contribution is 0.415. The maximum absolute atomic E-state index is 6.08. The van der Waals surface area contributed by atoms with Crippen molar-refractivity contribution in [3.63, 3.8) is 0 Å². The molecule has 112 valence electrons. The molecule has 0 saturated carbocycles. The van der Waals surface area contributed by atoms with Crippen LogP contribution < -0.4 is 10.5 Å². The number of methoxy groups -OCH3 is 1. The molecule has 2 rings (SSSR count). The number of guanidine groups is 1. The Kier molecular flexibility index (Phi) is 7.83. The zero-order valence-corrected chi connectivity index (χ0v) is 15.2. The molecule has 0 atom stereocenters. The first-order chi connectivity index (χ1) is 9.20. The summed E-state index contributed by atoms with van der Waals surface area (Å²) < 4.78 is 5.12. The molecule has 0 bridgehead atoms. The number of thioether (sulfide) groups is 1. The van der Waals surface area contributed by atoms with E-state index in [0.717, 1.165) is 30.2 Å². The number of nitrogens with zero attached hydrogens (tertiary/aromatic N) is 2. The quantitative estimate of drug-likeness (QED) is 0.458. The summed E-state index contributed by atoms with van der Waals surface area (Å²) in [6.07, 6.45) is 0. The molecule has 1 saturated heterocycles. The summed E-state index contributed by atoms with van der Waals surface area (Å²) in [6, 6.07) is 5.66. The van der Waals surface area contributed by atoms with Crippen LogP contribution >= 0.6 is 47.3 Å². The number of hydrogen-bond donors (Lipinski definition) is 1. The Morgan fingerprint density at radius 2 is 2.15 bits per heavy atom. The van der Waals surface area contributed by atoms with Gasteiger partial charge >= 0.3 is 0 Å². The molecule has 4 nitrogen and oxygen atoms in total. The molecule has 1 aromatic rings. The van der Waals surface area contributed by atoms with Gasteiger partial charge in [0.05, 0.1) is 18.7 Å². The van der Waals surface area contributed by atoms with E-state index >= 15 is 0 Å². The molecule has 0 aliphatic carbocycles. The van der Waals surface area contributed by atoms with Gasteiger partial charge in [0.1, 0.15) is 5.75 Å². The Morgan fingerprint density at radius 3 is 2.75 bits per heavy atom. The predicted octanol–water partition coefficient (Wildman–Crippen LogP) is 2.83. The SMILES string of the molecule is COc1ccc(CN=C(N)N2CCSCC2)cc1Cl.I. The molecule has 0 spiro atoms. The molecule has 0 unspecified atom stereocenters. The van der Waals surface area contributed by atoms with Gasteiger partial charge in [-0.05, 0) is 17.7 Å². The van der Waals surface area contributed by atoms with Gasteiger partial charge in [-0.15, -0.1) is 24.0 Å². The van der Waals surface area contributed by atoms with Crippen molar-refractivity contribution < 1.29 is 4.74 Å². The van der Waals surface area contributed by atoms with Gasteiger partial charge in [-0.2, -0.15) is 11.8 Å². The molecule has 2 N–H and O–H groups in total. The number of aliphatic imine (C=N–C) groups is 1. The van der Waals surface area contributed by atoms with E-state index in [9.17, 15) is 0 Å². The van der Waals surface area contributed by atoms with Crippen LogP contribution in [0.5, 0.6) is 5.75 Å². The Bertz CT molecular complexity index is 467. The molecule has 1 aliphatic heterocycles. The molecule has 20 heavy (non-hydrogen) atoms. The maximum Gasteiger partial charge on any atom is 0.191 e. The van der Waals surface area contributed by atoms with Crippen LogP contribution in [0.15, 0.2) is 23.2 Å². The van der Waals surface area contributed by atoms with Crippen molar-refractivity contribution in [2.45, 2.75) is 6.54 Å². The zero-order chi connectivity index (χ0) is 13.7. The van der Waals surface area contributed by atoms with Crippen molar-refractivity contribution in [2.75, 3.05) is 31.7 Å². The molecule has 7 heteroatoms. The summed E-state index contributed by atoms with van der Waals surface area (Å²) in [4.78, 5) is 6.55. The standard InChI is InChI=1S/C13H18ClN3OS.HI/c1-18-12-3-2-10(8-11(12)14)9-16-13(15)17-4-6-19-7-5-17;/h2-3,8H,4-7,9H2,1H3,(H2,15,16);1H. The van der Waals surface area contributed by atoms with E-state index in [4.69, 9.17) is 22.1 Å². The zero-order valence-electron chi connectivity index (χ0n) is 11.3. The van der Waals surface area contributed by atoms with E-state index in [0.29, 0.717) is 23.3 Å². The fourth-order valence-corrected chi connectivity index (χ4v) is 3.06. The lowest BCUT2D eigenvalue weighted by atomic mass is 10.2. The second kappa shape index (κ2) is 8.84. The lowest BCUT2D eigenvalue weighted by Crippen LogP contribution is -2.42. The van der Waals surface area contributed by atoms with E-state index in [1.165, 1.54) is 0 Å². The maximum atomic E-state index is 6.08. The van der Waals surface area contributed by atoms with Crippen molar-refractivity contribution in [1.82, 2.24) is 4.90 Å². The van der Waals surface area contributed by atoms with Gasteiger partial charge in [0, 0.05) is 24.6 Å². The molecule has 1 fully saturated rings. The van der Waals surface area contributed by atoms with Crippen molar-refractivity contribution in [3.8, 4) is 5.75 Å². The number of ether oxygens (including phenoxy) is 1. The van der Waals surface area contributed by atoms with E-state index in [2.05, 4.69) is 9.89 Å². The molecule has 1 aromatic carbocycles. The number of rotatable bonds is 3. The van der Waals surface area contributed by atoms with Gasteiger partial charge in [-0.3, -0.25) is 0 Å². The summed E-state index contributed by atoms with van der Waals surface area (Å²) in [5.41, 5.74) is 7.03. The molecule has 1 aliphatic rings. The number of hydrogen-bond acceptors (Lipinski definition) is 3. The highest BCUT2D eigenvalue weighted by molar-refractivity contribution is 14.0. The summed E-state index contributed by atoms with van der Waals surface area (Å²) in [6.45, 7) is 2.49. The second-order valence-corrected chi connectivity index (χ2v) is 5.87. The summed E-state index contributed by atoms with van der Waals surface area (Å²) in [5.74, 6) is 3.53. The van der Waals surface area contributed by atoms with Crippen LogP contribution in [0, 0.1) is 0 Å². The number of halogens is 2. The average Bonchev–Trinajstić information content (AvgIpc) is 2.46. The Labute approximate surface area is 146 Å². The van der Waals surface area contributed by atoms with Gasteiger partial charge in [-0.1, -0.05) is 17.7 Å². The first-order valence-corrected chi connectivity index (χ1v) is 7.69. The molecule has 1 heterocycles. The lowest BCUT2D eigenvalue weighted by Gasteiger charge is -2.27. The fraction of sp³-hybridized carbons (Fsp3) is 0.462. The van der Waals surface area contributed by atoms with Crippen molar-refractivity contribution in [1.29, 1.82) is 0 Å². The van der Waals surface area contributed by atoms with Crippen LogP contribution in [0.4, 0.5) is 0 Å². The van der Waals surface area contributed by atoms with Crippen molar-refractivity contribution >= 4 is 53.3 Å². The highest BCUT2D eigenvalue weighted by atomic mass is 127. The third kappa shape index (κ3) is 4.89. The van der Waals surface area contributed by atoms with E-state index in [-0.39, 0.29) is 24.0 Å². The van der Waals surface area contributed by atoms with Gasteiger partial charge < -0.3 is 15.4 Å². The topological polar surface area (TPSA) is 50.9 Å². The predicted molar refractivity (Wildman–Crippen MR) is 97.6 cm³/mol. The van der Waals surface area contributed by atoms with Crippen LogP contribution in [0.3, 0.4) is 0 Å². The van der Waals surface area contributed by atoms with E-state index in [1.54, 1.807) is 7.11 Å². The Hall–Kier alpha value is -0.340. The molecule has 0 aromatic heterocycles. The highest BCUT2D eigenvalue weighted by Gasteiger charge is 2.12. The van der Waals surface area contributed by atoms with Crippen LogP contribution in [-0.4, -0.2) is 42.6 Å². The van der Waals surface area contributed by atoms with Crippen LogP contribution in [-0.2, 0) is 6.54 Å². The number of benzene rings is 1. The summed E-state index contributed by atoms with van der Waals surface area (Å²) in [7, 11) is 1.60. The van der Waals surface area contributed by atoms with Gasteiger partial charge in [0.25, 0.3) is 0 Å². The Morgan fingerprint density at radius 1 is 1.45 bits per heavy atom. The minimum atomic E-state index is 0. The summed E-state index contributed by atoms with van der Waals surface area (Å²) >= 11 is 8.03. The van der Waals surface area contributed by atoms with Gasteiger partial charge in [-0.25, -0.2) is 4.99 Å². The first-order valence-electron chi connectivity index (χ1n) is 6.15. The first kappa shape index (κ1) is 17.7. The Balaban J connectivity index is 0.00000200. The highest BCUT2D eigenvalue weighted by Crippen LogP contribution is 2.25. The monoisotopic (exact) mass is 427 g/mol. The second-order valence-electron chi connectivity index (χ2n) is 4.24. The number of nitrogens with two attached hydrogens (primary N) is 1. The molecule has 0 amide bonds. The largest absolute Gasteiger partial charge is 0.495 e. The van der Waals surface area contributed by atoms with Crippen LogP contribution in [0.25, 0.3) is 0 Å². The molecule has 0 radical (unpaired) electrons. The third-order valence-electron chi connectivity index (χ3n) is 2.97. The smallest absolute Gasteiger partial charge is 0.191 e. The van der Waals surface area contributed by atoms with Crippen LogP contribution in [0.2, 0.25) is 5.02 Å². The molecular weight excluding hydrogens is 409 g/mol. The fourth-order valence-electron chi connectivity index (χ4n) is 1.87. The van der Waals surface area contributed by atoms with Gasteiger partial charge in [0.15, 0.2) is 5.96 Å². The van der Waals surface area contributed by atoms with Crippen molar-refractivity contribution in [3.05, 3.63) is 28.8 Å².